The van der Waals surface area contributed by atoms with E-state index in [4.69, 9.17) is 11.1 Å². The fourth-order valence-electron chi connectivity index (χ4n) is 4.86. The first-order valence-corrected chi connectivity index (χ1v) is 13.9. The van der Waals surface area contributed by atoms with Gasteiger partial charge in [-0.25, -0.2) is 13.2 Å². The molecule has 11 heteroatoms. The van der Waals surface area contributed by atoms with Gasteiger partial charge in [0.15, 0.2) is 0 Å². The highest BCUT2D eigenvalue weighted by Gasteiger charge is 2.36. The van der Waals surface area contributed by atoms with Crippen molar-refractivity contribution in [2.75, 3.05) is 20.1 Å². The Morgan fingerprint density at radius 3 is 2.50 bits per heavy atom. The van der Waals surface area contributed by atoms with E-state index in [1.165, 1.54) is 11.0 Å². The number of carbonyl (C=O) groups is 2. The molecule has 0 saturated heterocycles. The molecule has 2 atom stereocenters. The van der Waals surface area contributed by atoms with Gasteiger partial charge in [-0.3, -0.25) is 10.2 Å². The van der Waals surface area contributed by atoms with Crippen molar-refractivity contribution < 1.29 is 23.1 Å². The quantitative estimate of drug-likeness (QED) is 0.225. The van der Waals surface area contributed by atoms with Crippen molar-refractivity contribution in [3.05, 3.63) is 76.4 Å². The highest BCUT2D eigenvalue weighted by molar-refractivity contribution is 7.89. The molecule has 0 bridgehead atoms. The smallest absolute Gasteiger partial charge is 0.330 e. The minimum Gasteiger partial charge on any atom is -0.479 e. The number of amidine groups is 1. The lowest BCUT2D eigenvalue weighted by Gasteiger charge is -2.34. The van der Waals surface area contributed by atoms with Gasteiger partial charge in [0.2, 0.25) is 15.9 Å². The van der Waals surface area contributed by atoms with Crippen LogP contribution in [-0.2, 0) is 39.0 Å². The van der Waals surface area contributed by atoms with E-state index in [0.717, 1.165) is 29.7 Å². The number of hydrogen-bond donors (Lipinski definition) is 4. The van der Waals surface area contributed by atoms with E-state index in [1.807, 2.05) is 20.0 Å². The molecule has 4 rings (SSSR count). The zero-order valence-corrected chi connectivity index (χ0v) is 22.3. The van der Waals surface area contributed by atoms with Crippen molar-refractivity contribution in [3.63, 3.8) is 0 Å². The zero-order chi connectivity index (χ0) is 27.6. The number of fused-ring (bicyclic) bond motifs is 1. The molecule has 0 fully saturated rings. The predicted octanol–water partition coefficient (Wildman–Crippen LogP) is 1.48. The summed E-state index contributed by atoms with van der Waals surface area (Å²) in [5.74, 6) is -1.90. The Morgan fingerprint density at radius 1 is 1.13 bits per heavy atom. The molecule has 10 nitrogen and oxygen atoms in total. The van der Waals surface area contributed by atoms with Crippen LogP contribution in [0.5, 0.6) is 0 Å². The van der Waals surface area contributed by atoms with E-state index in [1.54, 1.807) is 36.4 Å². The number of aliphatic carboxylic acids is 1. The number of sulfonamides is 1. The van der Waals surface area contributed by atoms with Crippen LogP contribution in [0, 0.1) is 5.41 Å². The van der Waals surface area contributed by atoms with Crippen LogP contribution in [0.25, 0.3) is 0 Å². The summed E-state index contributed by atoms with van der Waals surface area (Å²) in [5.41, 5.74) is 9.55. The van der Waals surface area contributed by atoms with E-state index in [0.29, 0.717) is 24.1 Å². The van der Waals surface area contributed by atoms with Gasteiger partial charge in [-0.05, 0) is 62.1 Å². The summed E-state index contributed by atoms with van der Waals surface area (Å²) >= 11 is 0. The van der Waals surface area contributed by atoms with Crippen molar-refractivity contribution in [1.29, 1.82) is 5.41 Å². The third-order valence-electron chi connectivity index (χ3n) is 7.05. The molecule has 5 N–H and O–H groups in total. The number of carboxylic acid groups (broad SMARTS) is 1. The number of amides is 1. The highest BCUT2D eigenvalue weighted by Crippen LogP contribution is 2.24. The topological polar surface area (TPSA) is 157 Å². The third-order valence-corrected chi connectivity index (χ3v) is 8.52. The maximum Gasteiger partial charge on any atom is 0.330 e. The minimum absolute atomic E-state index is 0.00450. The summed E-state index contributed by atoms with van der Waals surface area (Å²) in [6, 6.07) is 9.18. The minimum atomic E-state index is -4.12. The van der Waals surface area contributed by atoms with E-state index in [2.05, 4.69) is 9.62 Å². The maximum absolute atomic E-state index is 13.7. The van der Waals surface area contributed by atoms with Crippen molar-refractivity contribution in [1.82, 2.24) is 14.5 Å². The van der Waals surface area contributed by atoms with Gasteiger partial charge in [0.25, 0.3) is 0 Å². The molecule has 2 aromatic carbocycles. The van der Waals surface area contributed by atoms with Crippen molar-refractivity contribution in [2.45, 2.75) is 49.7 Å². The summed E-state index contributed by atoms with van der Waals surface area (Å²) < 4.78 is 29.6. The summed E-state index contributed by atoms with van der Waals surface area (Å²) in [4.78, 5) is 29.1. The molecule has 0 aliphatic carbocycles. The molecular formula is C27H33N5O5S. The molecule has 2 aliphatic rings. The van der Waals surface area contributed by atoms with Crippen LogP contribution in [-0.4, -0.2) is 73.3 Å². The number of rotatable bonds is 8. The Balaban J connectivity index is 1.66. The van der Waals surface area contributed by atoms with Gasteiger partial charge < -0.3 is 20.6 Å². The predicted molar refractivity (Wildman–Crippen MR) is 143 cm³/mol. The van der Waals surface area contributed by atoms with E-state index < -0.39 is 34.0 Å². The van der Waals surface area contributed by atoms with E-state index in [9.17, 15) is 23.1 Å². The van der Waals surface area contributed by atoms with Crippen LogP contribution in [0.3, 0.4) is 0 Å². The van der Waals surface area contributed by atoms with Gasteiger partial charge >= 0.3 is 5.97 Å². The number of carboxylic acids is 1. The molecule has 2 aromatic rings. The Labute approximate surface area is 222 Å². The average Bonchev–Trinajstić information content (AvgIpc) is 2.87. The van der Waals surface area contributed by atoms with Gasteiger partial charge in [0.1, 0.15) is 17.9 Å². The number of benzene rings is 2. The van der Waals surface area contributed by atoms with Crippen LogP contribution in [0.15, 0.2) is 59.0 Å². The second-order valence-corrected chi connectivity index (χ2v) is 11.7. The third kappa shape index (κ3) is 6.12. The van der Waals surface area contributed by atoms with Crippen LogP contribution in [0.1, 0.15) is 35.6 Å². The molecule has 202 valence electrons. The van der Waals surface area contributed by atoms with Crippen LogP contribution < -0.4 is 10.5 Å². The second kappa shape index (κ2) is 11.1. The zero-order valence-electron chi connectivity index (χ0n) is 21.5. The molecule has 1 amide bonds. The van der Waals surface area contributed by atoms with Gasteiger partial charge in [0, 0.05) is 25.2 Å². The number of nitrogens with one attached hydrogen (secondary N) is 2. The fourth-order valence-corrected chi connectivity index (χ4v) is 6.10. The van der Waals surface area contributed by atoms with E-state index in [-0.39, 0.29) is 23.7 Å². The van der Waals surface area contributed by atoms with Gasteiger partial charge in [0.05, 0.1) is 4.90 Å². The van der Waals surface area contributed by atoms with Crippen molar-refractivity contribution in [3.8, 4) is 0 Å². The summed E-state index contributed by atoms with van der Waals surface area (Å²) in [5, 5.41) is 17.3. The molecule has 0 saturated carbocycles. The number of nitrogen functional groups attached to an aromatic ring is 1. The lowest BCUT2D eigenvalue weighted by atomic mass is 9.99. The molecule has 0 aromatic heterocycles. The number of nitrogens with two attached hydrogens (primary N) is 1. The van der Waals surface area contributed by atoms with Gasteiger partial charge in [-0.1, -0.05) is 42.0 Å². The molecule has 0 unspecified atom stereocenters. The van der Waals surface area contributed by atoms with E-state index >= 15 is 0 Å². The Kier molecular flexibility index (Phi) is 8.00. The lowest BCUT2D eigenvalue weighted by Crippen LogP contribution is -2.55. The molecule has 2 heterocycles. The SMILES string of the molecule is CC1=C[C@H](C(=O)O)N(C(=O)[C@H](Cc2ccc(C(=N)N)cc2)NS(=O)(=O)c2ccc3c(c2)CN(C)CC3)CC1. The van der Waals surface area contributed by atoms with Crippen LogP contribution >= 0.6 is 0 Å². The molecule has 2 aliphatic heterocycles. The van der Waals surface area contributed by atoms with Crippen molar-refractivity contribution in [2.24, 2.45) is 5.73 Å². The molecular weight excluding hydrogens is 506 g/mol. The normalized spacial score (nSPS) is 18.8. The standard InChI is InChI=1S/C27H33N5O5S/c1-17-9-12-32(24(13-17)27(34)35)26(33)23(14-18-3-5-20(6-4-18)25(28)29)30-38(36,37)22-8-7-19-10-11-31(2)16-21(19)15-22/h3-8,13,15,23-24,30H,9-12,14,16H2,1-2H3,(H3,28,29)(H,34,35)/t23-,24+/m0/s1. The molecule has 0 spiro atoms. The van der Waals surface area contributed by atoms with Crippen LogP contribution in [0.2, 0.25) is 0 Å². The first-order chi connectivity index (χ1) is 17.9. The fraction of sp³-hybridized carbons (Fsp3) is 0.370. The average molecular weight is 540 g/mol. The summed E-state index contributed by atoms with van der Waals surface area (Å²) in [7, 11) is -2.14. The molecule has 0 radical (unpaired) electrons. The number of likely N-dealkylation sites (N-methyl/N-ethyl adjacent to an activating group) is 1. The summed E-state index contributed by atoms with van der Waals surface area (Å²) in [6.07, 6.45) is 2.85. The first kappa shape index (κ1) is 27.5. The summed E-state index contributed by atoms with van der Waals surface area (Å²) in [6.45, 7) is 3.50. The van der Waals surface area contributed by atoms with Crippen LogP contribution in [0.4, 0.5) is 0 Å². The lowest BCUT2D eigenvalue weighted by molar-refractivity contribution is -0.149. The number of nitrogens with zero attached hydrogens (tertiary/aromatic N) is 2. The second-order valence-electron chi connectivity index (χ2n) is 9.98. The number of carbonyl (C=O) groups excluding carboxylic acids is 1. The highest BCUT2D eigenvalue weighted by atomic mass is 32.2. The Bertz CT molecular complexity index is 1390. The largest absolute Gasteiger partial charge is 0.479 e. The maximum atomic E-state index is 13.7. The molecule has 38 heavy (non-hydrogen) atoms. The number of hydrogen-bond acceptors (Lipinski definition) is 6. The Morgan fingerprint density at radius 2 is 1.84 bits per heavy atom. The van der Waals surface area contributed by atoms with Gasteiger partial charge in [-0.15, -0.1) is 0 Å². The monoisotopic (exact) mass is 539 g/mol. The first-order valence-electron chi connectivity index (χ1n) is 12.4. The van der Waals surface area contributed by atoms with Gasteiger partial charge in [-0.2, -0.15) is 4.72 Å². The Hall–Kier alpha value is -3.54. The van der Waals surface area contributed by atoms with Crippen molar-refractivity contribution >= 4 is 27.7 Å².